The van der Waals surface area contributed by atoms with Gasteiger partial charge in [0.05, 0.1) is 19.0 Å². The van der Waals surface area contributed by atoms with E-state index in [1.165, 1.54) is 15.4 Å². The number of benzene rings is 1. The third-order valence-electron chi connectivity index (χ3n) is 3.31. The molecular formula is C15H15N4O3+. The summed E-state index contributed by atoms with van der Waals surface area (Å²) in [7, 11) is 1.63. The van der Waals surface area contributed by atoms with E-state index < -0.39 is 5.97 Å². The fourth-order valence-corrected chi connectivity index (χ4v) is 2.22. The molecule has 3 aromatic rings. The van der Waals surface area contributed by atoms with Crippen molar-refractivity contribution in [2.24, 2.45) is 7.05 Å². The van der Waals surface area contributed by atoms with E-state index in [2.05, 4.69) is 10.1 Å². The summed E-state index contributed by atoms with van der Waals surface area (Å²) in [5.41, 5.74) is 0.810. The average molecular weight is 299 g/mol. The number of carbonyl (C=O) groups is 1. The molecule has 0 aliphatic carbocycles. The Morgan fingerprint density at radius 3 is 2.95 bits per heavy atom. The van der Waals surface area contributed by atoms with Gasteiger partial charge in [-0.3, -0.25) is 9.89 Å². The average Bonchev–Trinajstić information content (AvgIpc) is 3.01. The van der Waals surface area contributed by atoms with Crippen molar-refractivity contribution in [3.05, 3.63) is 52.6 Å². The third kappa shape index (κ3) is 2.26. The normalized spacial score (nSPS) is 10.8. The Kier molecular flexibility index (Phi) is 3.46. The minimum atomic E-state index is -0.428. The zero-order chi connectivity index (χ0) is 15.7. The van der Waals surface area contributed by atoms with Gasteiger partial charge in [-0.2, -0.15) is 4.57 Å². The van der Waals surface area contributed by atoms with Crippen molar-refractivity contribution < 1.29 is 14.2 Å². The third-order valence-corrected chi connectivity index (χ3v) is 3.31. The molecule has 0 aliphatic heterocycles. The number of aromatic nitrogens is 4. The van der Waals surface area contributed by atoms with E-state index in [0.29, 0.717) is 29.0 Å². The SMILES string of the molecule is CCOC(=O)c1c[nH][n+](-c2nc3ccccc3c(=O)n2C)c1. The van der Waals surface area contributed by atoms with Gasteiger partial charge in [-0.05, 0) is 19.1 Å². The summed E-state index contributed by atoms with van der Waals surface area (Å²) in [6, 6.07) is 7.13. The summed E-state index contributed by atoms with van der Waals surface area (Å²) in [5.74, 6) is -0.0393. The van der Waals surface area contributed by atoms with E-state index in [9.17, 15) is 9.59 Å². The number of nitrogens with zero attached hydrogens (tertiary/aromatic N) is 3. The molecule has 0 bridgehead atoms. The van der Waals surface area contributed by atoms with E-state index >= 15 is 0 Å². The monoisotopic (exact) mass is 299 g/mol. The van der Waals surface area contributed by atoms with Crippen LogP contribution in [0.5, 0.6) is 0 Å². The largest absolute Gasteiger partial charge is 0.462 e. The quantitative estimate of drug-likeness (QED) is 0.570. The molecule has 0 fully saturated rings. The maximum absolute atomic E-state index is 12.4. The van der Waals surface area contributed by atoms with Crippen LogP contribution in [-0.4, -0.2) is 27.2 Å². The van der Waals surface area contributed by atoms with Crippen molar-refractivity contribution in [1.82, 2.24) is 14.6 Å². The Hall–Kier alpha value is -2.96. The summed E-state index contributed by atoms with van der Waals surface area (Å²) in [6.45, 7) is 2.05. The van der Waals surface area contributed by atoms with Crippen molar-refractivity contribution in [1.29, 1.82) is 0 Å². The van der Waals surface area contributed by atoms with Crippen LogP contribution in [0.15, 0.2) is 41.5 Å². The van der Waals surface area contributed by atoms with Crippen molar-refractivity contribution >= 4 is 16.9 Å². The highest BCUT2D eigenvalue weighted by Crippen LogP contribution is 2.07. The number of H-pyrrole nitrogens is 1. The Labute approximate surface area is 125 Å². The number of nitrogens with one attached hydrogen (secondary N) is 1. The lowest BCUT2D eigenvalue weighted by atomic mass is 10.2. The topological polar surface area (TPSA) is 80.9 Å². The molecular weight excluding hydrogens is 284 g/mol. The Bertz CT molecular complexity index is 911. The number of ether oxygens (including phenoxy) is 1. The van der Waals surface area contributed by atoms with E-state index in [1.807, 2.05) is 6.07 Å². The first-order valence-corrected chi connectivity index (χ1v) is 6.85. The van der Waals surface area contributed by atoms with Crippen LogP contribution in [0.4, 0.5) is 0 Å². The fourth-order valence-electron chi connectivity index (χ4n) is 2.22. The predicted molar refractivity (Wildman–Crippen MR) is 78.8 cm³/mol. The van der Waals surface area contributed by atoms with Crippen molar-refractivity contribution in [3.63, 3.8) is 0 Å². The molecule has 1 N–H and O–H groups in total. The highest BCUT2D eigenvalue weighted by Gasteiger charge is 2.20. The van der Waals surface area contributed by atoms with Gasteiger partial charge in [0.25, 0.3) is 0 Å². The van der Waals surface area contributed by atoms with Gasteiger partial charge < -0.3 is 4.74 Å². The van der Waals surface area contributed by atoms with Gasteiger partial charge in [0.15, 0.2) is 5.52 Å². The number of fused-ring (bicyclic) bond motifs is 1. The molecule has 112 valence electrons. The van der Waals surface area contributed by atoms with Gasteiger partial charge >= 0.3 is 17.5 Å². The van der Waals surface area contributed by atoms with Gasteiger partial charge in [-0.25, -0.2) is 4.79 Å². The molecule has 2 aromatic heterocycles. The zero-order valence-corrected chi connectivity index (χ0v) is 12.2. The van der Waals surface area contributed by atoms with Crippen LogP contribution in [0.1, 0.15) is 17.3 Å². The molecule has 3 rings (SSSR count). The van der Waals surface area contributed by atoms with E-state index in [1.54, 1.807) is 38.4 Å². The number of aromatic amines is 1. The van der Waals surface area contributed by atoms with Crippen molar-refractivity contribution in [2.75, 3.05) is 6.61 Å². The lowest BCUT2D eigenvalue weighted by Crippen LogP contribution is -2.40. The van der Waals surface area contributed by atoms with Gasteiger partial charge in [0.1, 0.15) is 11.8 Å². The van der Waals surface area contributed by atoms with E-state index in [4.69, 9.17) is 4.74 Å². The van der Waals surface area contributed by atoms with Crippen LogP contribution in [0.3, 0.4) is 0 Å². The van der Waals surface area contributed by atoms with Crippen LogP contribution < -0.4 is 10.2 Å². The number of para-hydroxylation sites is 1. The highest BCUT2D eigenvalue weighted by atomic mass is 16.5. The molecule has 0 unspecified atom stereocenters. The number of rotatable bonds is 3. The highest BCUT2D eigenvalue weighted by molar-refractivity contribution is 5.88. The first-order chi connectivity index (χ1) is 10.6. The molecule has 0 radical (unpaired) electrons. The molecule has 0 saturated carbocycles. The lowest BCUT2D eigenvalue weighted by molar-refractivity contribution is -0.664. The molecule has 0 saturated heterocycles. The second kappa shape index (κ2) is 5.44. The summed E-state index contributed by atoms with van der Waals surface area (Å²) in [4.78, 5) is 28.5. The van der Waals surface area contributed by atoms with E-state index in [-0.39, 0.29) is 5.56 Å². The molecule has 22 heavy (non-hydrogen) atoms. The summed E-state index contributed by atoms with van der Waals surface area (Å²) < 4.78 is 7.88. The van der Waals surface area contributed by atoms with E-state index in [0.717, 1.165) is 0 Å². The molecule has 7 heteroatoms. The maximum Gasteiger partial charge on any atom is 0.424 e. The van der Waals surface area contributed by atoms with Crippen molar-refractivity contribution in [3.8, 4) is 5.95 Å². The van der Waals surface area contributed by atoms with Crippen LogP contribution in [0.25, 0.3) is 16.9 Å². The molecule has 0 atom stereocenters. The molecule has 7 nitrogen and oxygen atoms in total. The Morgan fingerprint density at radius 1 is 1.41 bits per heavy atom. The van der Waals surface area contributed by atoms with Gasteiger partial charge in [0.2, 0.25) is 0 Å². The second-order valence-corrected chi connectivity index (χ2v) is 4.74. The van der Waals surface area contributed by atoms with Crippen molar-refractivity contribution in [2.45, 2.75) is 6.92 Å². The van der Waals surface area contributed by atoms with Gasteiger partial charge in [0, 0.05) is 6.20 Å². The second-order valence-electron chi connectivity index (χ2n) is 4.74. The predicted octanol–water partition coefficient (Wildman–Crippen LogP) is 0.715. The Morgan fingerprint density at radius 2 is 2.18 bits per heavy atom. The molecule has 0 aliphatic rings. The van der Waals surface area contributed by atoms with Gasteiger partial charge in [-0.15, -0.1) is 4.68 Å². The zero-order valence-electron chi connectivity index (χ0n) is 12.2. The lowest BCUT2D eigenvalue weighted by Gasteiger charge is -2.00. The Balaban J connectivity index is 2.13. The summed E-state index contributed by atoms with van der Waals surface area (Å²) >= 11 is 0. The minimum Gasteiger partial charge on any atom is -0.462 e. The summed E-state index contributed by atoms with van der Waals surface area (Å²) in [6.07, 6.45) is 3.06. The van der Waals surface area contributed by atoms with Crippen LogP contribution in [0.2, 0.25) is 0 Å². The first kappa shape index (κ1) is 14.0. The standard InChI is InChI=1S/C15H14N4O3/c1-3-22-14(21)10-8-16-19(9-10)15-17-12-7-5-4-6-11(12)13(20)18(15)2/h4-9H,3H2,1-2H3/p+1. The number of esters is 1. The van der Waals surface area contributed by atoms with Crippen LogP contribution in [-0.2, 0) is 11.8 Å². The molecule has 0 amide bonds. The molecule has 1 aromatic carbocycles. The van der Waals surface area contributed by atoms with Crippen LogP contribution >= 0.6 is 0 Å². The summed E-state index contributed by atoms with van der Waals surface area (Å²) in [5, 5.41) is 3.44. The van der Waals surface area contributed by atoms with Crippen LogP contribution in [0, 0.1) is 0 Å². The smallest absolute Gasteiger partial charge is 0.424 e. The maximum atomic E-state index is 12.4. The minimum absolute atomic E-state index is 0.152. The first-order valence-electron chi connectivity index (χ1n) is 6.85. The molecule has 0 spiro atoms. The fraction of sp³-hybridized carbons (Fsp3) is 0.200. The number of carbonyl (C=O) groups excluding carboxylic acids is 1. The number of hydrogen-bond donors (Lipinski definition) is 1. The number of hydrogen-bond acceptors (Lipinski definition) is 4. The van der Waals surface area contributed by atoms with Gasteiger partial charge in [-0.1, -0.05) is 17.1 Å². The molecule has 2 heterocycles.